The van der Waals surface area contributed by atoms with Gasteiger partial charge in [-0.1, -0.05) is 6.07 Å². The van der Waals surface area contributed by atoms with Gasteiger partial charge in [-0.15, -0.1) is 0 Å². The molecule has 2 N–H and O–H groups in total. The lowest BCUT2D eigenvalue weighted by Crippen LogP contribution is -2.46. The van der Waals surface area contributed by atoms with E-state index in [2.05, 4.69) is 30.6 Å². The van der Waals surface area contributed by atoms with E-state index < -0.39 is 5.54 Å². The molecule has 5 rings (SSSR count). The van der Waals surface area contributed by atoms with E-state index in [0.717, 1.165) is 33.8 Å². The molecule has 0 bridgehead atoms. The monoisotopic (exact) mass is 458 g/mol. The summed E-state index contributed by atoms with van der Waals surface area (Å²) < 4.78 is 7.18. The Morgan fingerprint density at radius 2 is 1.94 bits per heavy atom. The number of hydrogen-bond donors (Lipinski definition) is 2. The van der Waals surface area contributed by atoms with E-state index in [1.165, 1.54) is 0 Å². The molecule has 4 aromatic rings. The number of amides is 1. The first-order valence-electron chi connectivity index (χ1n) is 11.2. The van der Waals surface area contributed by atoms with Crippen LogP contribution in [-0.2, 0) is 21.6 Å². The number of hydrogen-bond acceptors (Lipinski definition) is 8. The van der Waals surface area contributed by atoms with E-state index in [-0.39, 0.29) is 5.91 Å². The molecular formula is C24H26N8O2. The van der Waals surface area contributed by atoms with Crippen molar-refractivity contribution in [3.8, 4) is 22.6 Å². The fourth-order valence-electron chi connectivity index (χ4n) is 4.34. The SMILES string of the molecule is CCn1c(-c2cnc(C)nc2)nc2c(-c3ccc4c(c3)C(C)(NCCOC)C(=O)N4)ncnc21. The van der Waals surface area contributed by atoms with Crippen LogP contribution in [0, 0.1) is 6.92 Å². The maximum Gasteiger partial charge on any atom is 0.249 e. The Morgan fingerprint density at radius 1 is 1.15 bits per heavy atom. The summed E-state index contributed by atoms with van der Waals surface area (Å²) in [6.07, 6.45) is 5.09. The molecule has 1 aromatic carbocycles. The van der Waals surface area contributed by atoms with Crippen LogP contribution in [-0.4, -0.2) is 55.7 Å². The lowest BCUT2D eigenvalue weighted by atomic mass is 9.91. The normalized spacial score (nSPS) is 17.2. The molecule has 0 radical (unpaired) electrons. The number of imidazole rings is 1. The van der Waals surface area contributed by atoms with Crippen molar-refractivity contribution < 1.29 is 9.53 Å². The van der Waals surface area contributed by atoms with E-state index in [0.29, 0.717) is 36.7 Å². The van der Waals surface area contributed by atoms with Crippen LogP contribution in [0.25, 0.3) is 33.8 Å². The maximum absolute atomic E-state index is 12.8. The van der Waals surface area contributed by atoms with Gasteiger partial charge in [-0.3, -0.25) is 10.1 Å². The summed E-state index contributed by atoms with van der Waals surface area (Å²) in [5, 5.41) is 6.30. The highest BCUT2D eigenvalue weighted by Gasteiger charge is 2.42. The van der Waals surface area contributed by atoms with E-state index in [9.17, 15) is 4.79 Å². The van der Waals surface area contributed by atoms with Crippen molar-refractivity contribution in [1.82, 2.24) is 34.8 Å². The number of anilines is 1. The highest BCUT2D eigenvalue weighted by atomic mass is 16.5. The van der Waals surface area contributed by atoms with E-state index >= 15 is 0 Å². The van der Waals surface area contributed by atoms with Gasteiger partial charge in [-0.2, -0.15) is 0 Å². The van der Waals surface area contributed by atoms with Gasteiger partial charge in [0, 0.05) is 49.4 Å². The van der Waals surface area contributed by atoms with Gasteiger partial charge in [0.15, 0.2) is 5.65 Å². The molecule has 10 nitrogen and oxygen atoms in total. The minimum absolute atomic E-state index is 0.0968. The number of carbonyl (C=O) groups is 1. The molecular weight excluding hydrogens is 432 g/mol. The van der Waals surface area contributed by atoms with E-state index in [1.807, 2.05) is 43.5 Å². The number of aromatic nitrogens is 6. The van der Waals surface area contributed by atoms with Gasteiger partial charge >= 0.3 is 0 Å². The van der Waals surface area contributed by atoms with Crippen LogP contribution in [0.3, 0.4) is 0 Å². The molecule has 0 saturated carbocycles. The number of fused-ring (bicyclic) bond motifs is 2. The molecule has 4 heterocycles. The summed E-state index contributed by atoms with van der Waals surface area (Å²) in [5.74, 6) is 1.34. The third kappa shape index (κ3) is 3.51. The highest BCUT2D eigenvalue weighted by Crippen LogP contribution is 2.39. The fourth-order valence-corrected chi connectivity index (χ4v) is 4.34. The van der Waals surface area contributed by atoms with Crippen molar-refractivity contribution in [2.24, 2.45) is 0 Å². The first kappa shape index (κ1) is 22.1. The van der Waals surface area contributed by atoms with Crippen LogP contribution in [0.1, 0.15) is 25.2 Å². The van der Waals surface area contributed by atoms with Crippen molar-refractivity contribution in [3.63, 3.8) is 0 Å². The summed E-state index contributed by atoms with van der Waals surface area (Å²) in [6.45, 7) is 7.51. The number of ether oxygens (including phenoxy) is 1. The van der Waals surface area contributed by atoms with Gasteiger partial charge in [0.25, 0.3) is 0 Å². The number of rotatable bonds is 7. The minimum atomic E-state index is -0.872. The average Bonchev–Trinajstić information content (AvgIpc) is 3.34. The van der Waals surface area contributed by atoms with Crippen LogP contribution in [0.15, 0.2) is 36.9 Å². The lowest BCUT2D eigenvalue weighted by molar-refractivity contribution is -0.121. The third-order valence-electron chi connectivity index (χ3n) is 6.21. The van der Waals surface area contributed by atoms with Crippen LogP contribution in [0.2, 0.25) is 0 Å². The van der Waals surface area contributed by atoms with Gasteiger partial charge in [-0.05, 0) is 32.9 Å². The van der Waals surface area contributed by atoms with Gasteiger partial charge in [0.05, 0.1) is 12.2 Å². The van der Waals surface area contributed by atoms with E-state index in [4.69, 9.17) is 9.72 Å². The quantitative estimate of drug-likeness (QED) is 0.406. The number of benzene rings is 1. The molecule has 1 amide bonds. The molecule has 174 valence electrons. The standard InChI is InChI=1S/C24H26N8O2/c1-5-32-21(16-11-25-14(2)26-12-16)31-20-19(27-13-28-22(20)32)15-6-7-18-17(10-15)24(3,23(33)30-18)29-8-9-34-4/h6-7,10-13,29H,5,8-9H2,1-4H3,(H,30,33). The average molecular weight is 459 g/mol. The van der Waals surface area contributed by atoms with Crippen molar-refractivity contribution >= 4 is 22.8 Å². The number of nitrogens with one attached hydrogen (secondary N) is 2. The zero-order valence-electron chi connectivity index (χ0n) is 19.6. The van der Waals surface area contributed by atoms with Crippen molar-refractivity contribution in [1.29, 1.82) is 0 Å². The molecule has 0 spiro atoms. The summed E-state index contributed by atoms with van der Waals surface area (Å²) in [6, 6.07) is 5.85. The second-order valence-corrected chi connectivity index (χ2v) is 8.35. The summed E-state index contributed by atoms with van der Waals surface area (Å²) in [7, 11) is 1.64. The van der Waals surface area contributed by atoms with Crippen LogP contribution in [0.5, 0.6) is 0 Å². The summed E-state index contributed by atoms with van der Waals surface area (Å²) in [5.41, 5.74) is 4.56. The molecule has 10 heteroatoms. The molecule has 3 aromatic heterocycles. The second-order valence-electron chi connectivity index (χ2n) is 8.35. The Balaban J connectivity index is 1.63. The number of carbonyl (C=O) groups excluding carboxylic acids is 1. The largest absolute Gasteiger partial charge is 0.383 e. The fraction of sp³-hybridized carbons (Fsp3) is 0.333. The molecule has 0 saturated heterocycles. The second kappa shape index (κ2) is 8.54. The molecule has 0 aliphatic carbocycles. The summed E-state index contributed by atoms with van der Waals surface area (Å²) >= 11 is 0. The van der Waals surface area contributed by atoms with Crippen molar-refractivity contribution in [3.05, 3.63) is 48.3 Å². The Bertz CT molecular complexity index is 1380. The number of methoxy groups -OCH3 is 1. The predicted octanol–water partition coefficient (Wildman–Crippen LogP) is 2.68. The predicted molar refractivity (Wildman–Crippen MR) is 128 cm³/mol. The Morgan fingerprint density at radius 3 is 2.68 bits per heavy atom. The first-order valence-corrected chi connectivity index (χ1v) is 11.2. The zero-order chi connectivity index (χ0) is 23.9. The van der Waals surface area contributed by atoms with Crippen molar-refractivity contribution in [2.45, 2.75) is 32.9 Å². The highest BCUT2D eigenvalue weighted by molar-refractivity contribution is 6.06. The Hall–Kier alpha value is -3.76. The minimum Gasteiger partial charge on any atom is -0.383 e. The molecule has 1 unspecified atom stereocenters. The summed E-state index contributed by atoms with van der Waals surface area (Å²) in [4.78, 5) is 35.5. The number of aryl methyl sites for hydroxylation is 2. The first-order chi connectivity index (χ1) is 16.5. The molecule has 34 heavy (non-hydrogen) atoms. The van der Waals surface area contributed by atoms with E-state index in [1.54, 1.807) is 25.8 Å². The van der Waals surface area contributed by atoms with Gasteiger partial charge in [0.1, 0.15) is 34.7 Å². The Labute approximate surface area is 196 Å². The smallest absolute Gasteiger partial charge is 0.249 e. The molecule has 1 atom stereocenters. The lowest BCUT2D eigenvalue weighted by Gasteiger charge is -2.24. The van der Waals surface area contributed by atoms with Crippen LogP contribution < -0.4 is 10.6 Å². The maximum atomic E-state index is 12.8. The van der Waals surface area contributed by atoms with Crippen molar-refractivity contribution in [2.75, 3.05) is 25.6 Å². The topological polar surface area (TPSA) is 120 Å². The molecule has 1 aliphatic heterocycles. The van der Waals surface area contributed by atoms with Crippen LogP contribution in [0.4, 0.5) is 5.69 Å². The molecule has 1 aliphatic rings. The third-order valence-corrected chi connectivity index (χ3v) is 6.21. The van der Waals surface area contributed by atoms with Crippen LogP contribution >= 0.6 is 0 Å². The van der Waals surface area contributed by atoms with Gasteiger partial charge in [-0.25, -0.2) is 24.9 Å². The Kier molecular flexibility index (Phi) is 5.54. The number of nitrogens with zero attached hydrogens (tertiary/aromatic N) is 6. The van der Waals surface area contributed by atoms with Gasteiger partial charge < -0.3 is 14.6 Å². The molecule has 0 fully saturated rings. The van der Waals surface area contributed by atoms with Gasteiger partial charge in [0.2, 0.25) is 5.91 Å². The zero-order valence-corrected chi connectivity index (χ0v) is 19.6.